The van der Waals surface area contributed by atoms with Crippen LogP contribution in [0.25, 0.3) is 0 Å². The Hall–Kier alpha value is -0.180. The Labute approximate surface area is 41.4 Å². The Kier molecular flexibility index (Phi) is 4.68. The molecule has 0 atom stereocenters. The lowest BCUT2D eigenvalue weighted by molar-refractivity contribution is -0.107. The third kappa shape index (κ3) is 3.82. The molecule has 0 heterocycles. The second-order valence-electron chi connectivity index (χ2n) is 0.669. The van der Waals surface area contributed by atoms with Gasteiger partial charge in [0.15, 0.2) is 0 Å². The molecule has 0 fully saturated rings. The van der Waals surface area contributed by atoms with Crippen LogP contribution >= 0.6 is 11.9 Å². The average Bonchev–Trinajstić information content (AvgIpc) is 1.61. The highest BCUT2D eigenvalue weighted by atomic mass is 32.2. The summed E-state index contributed by atoms with van der Waals surface area (Å²) < 4.78 is 2.43. The zero-order valence-corrected chi connectivity index (χ0v) is 4.42. The Morgan fingerprint density at radius 1 is 2.00 bits per heavy atom. The fraction of sp³-hybridized carbons (Fsp3) is 0.667. The van der Waals surface area contributed by atoms with Crippen LogP contribution in [0.4, 0.5) is 0 Å². The van der Waals surface area contributed by atoms with Crippen LogP contribution in [0.5, 0.6) is 0 Å². The number of hydrogen-bond acceptors (Lipinski definition) is 2. The standard InChI is InChI=1S/C3H7NOS/c1-2-6-4-3-5/h3H,2H2,1H3,(H,4,5). The van der Waals surface area contributed by atoms with Gasteiger partial charge in [0.1, 0.15) is 0 Å². The predicted molar refractivity (Wildman–Crippen MR) is 27.3 cm³/mol. The molecule has 0 aliphatic rings. The molecule has 0 aliphatic carbocycles. The third-order valence-corrected chi connectivity index (χ3v) is 0.827. The Morgan fingerprint density at radius 2 is 2.67 bits per heavy atom. The summed E-state index contributed by atoms with van der Waals surface area (Å²) in [4.78, 5) is 9.43. The second-order valence-corrected chi connectivity index (χ2v) is 1.77. The third-order valence-electron chi connectivity index (χ3n) is 0.276. The number of nitrogens with one attached hydrogen (secondary N) is 1. The smallest absolute Gasteiger partial charge is 0.216 e. The van der Waals surface area contributed by atoms with Gasteiger partial charge in [0.05, 0.1) is 0 Å². The second kappa shape index (κ2) is 4.82. The first-order valence-corrected chi connectivity index (χ1v) is 2.71. The number of rotatable bonds is 3. The minimum Gasteiger partial charge on any atom is -0.303 e. The largest absolute Gasteiger partial charge is 0.303 e. The maximum absolute atomic E-state index is 9.43. The Bertz CT molecular complexity index is 39.8. The van der Waals surface area contributed by atoms with Gasteiger partial charge in [-0.25, -0.2) is 0 Å². The molecule has 2 nitrogen and oxygen atoms in total. The van der Waals surface area contributed by atoms with Gasteiger partial charge in [-0.3, -0.25) is 4.79 Å². The molecule has 3 heteroatoms. The summed E-state index contributed by atoms with van der Waals surface area (Å²) in [7, 11) is 0. The van der Waals surface area contributed by atoms with E-state index >= 15 is 0 Å². The molecule has 6 heavy (non-hydrogen) atoms. The molecule has 1 N–H and O–H groups in total. The average molecular weight is 105 g/mol. The highest BCUT2D eigenvalue weighted by molar-refractivity contribution is 7.97. The van der Waals surface area contributed by atoms with Crippen molar-refractivity contribution < 1.29 is 4.79 Å². The quantitative estimate of drug-likeness (QED) is 0.320. The van der Waals surface area contributed by atoms with Crippen molar-refractivity contribution in [1.82, 2.24) is 4.72 Å². The molecule has 0 aromatic carbocycles. The van der Waals surface area contributed by atoms with Crippen molar-refractivity contribution in [3.8, 4) is 0 Å². The lowest BCUT2D eigenvalue weighted by Crippen LogP contribution is -1.96. The van der Waals surface area contributed by atoms with Crippen molar-refractivity contribution in [3.63, 3.8) is 0 Å². The SMILES string of the molecule is CCSNC=O. The zero-order valence-electron chi connectivity index (χ0n) is 3.60. The lowest BCUT2D eigenvalue weighted by Gasteiger charge is -1.85. The molecule has 0 unspecified atom stereocenters. The number of hydrogen-bond donors (Lipinski definition) is 1. The van der Waals surface area contributed by atoms with Crippen LogP contribution in [-0.4, -0.2) is 12.2 Å². The summed E-state index contributed by atoms with van der Waals surface area (Å²) in [6.45, 7) is 1.97. The van der Waals surface area contributed by atoms with Crippen LogP contribution in [0, 0.1) is 0 Å². The van der Waals surface area contributed by atoms with E-state index < -0.39 is 0 Å². The molecule has 0 aromatic rings. The molecular formula is C3H7NOS. The van der Waals surface area contributed by atoms with Gasteiger partial charge >= 0.3 is 0 Å². The van der Waals surface area contributed by atoms with Crippen molar-refractivity contribution in [1.29, 1.82) is 0 Å². The van der Waals surface area contributed by atoms with Crippen LogP contribution in [0.1, 0.15) is 6.92 Å². The Balaban J connectivity index is 2.49. The van der Waals surface area contributed by atoms with E-state index in [-0.39, 0.29) is 0 Å². The minimum absolute atomic E-state index is 0.675. The van der Waals surface area contributed by atoms with Gasteiger partial charge in [0.25, 0.3) is 0 Å². The maximum atomic E-state index is 9.43. The van der Waals surface area contributed by atoms with Gasteiger partial charge in [-0.05, 0) is 0 Å². The first-order valence-electron chi connectivity index (χ1n) is 1.72. The molecule has 0 saturated heterocycles. The van der Waals surface area contributed by atoms with Crippen molar-refractivity contribution in [2.75, 3.05) is 5.75 Å². The molecule has 0 radical (unpaired) electrons. The topological polar surface area (TPSA) is 29.1 Å². The molecule has 1 amide bonds. The van der Waals surface area contributed by atoms with Crippen LogP contribution in [-0.2, 0) is 4.79 Å². The predicted octanol–water partition coefficient (Wildman–Crippen LogP) is 0.400. The molecule has 36 valence electrons. The molecule has 0 rings (SSSR count). The molecular weight excluding hydrogens is 98.1 g/mol. The van der Waals surface area contributed by atoms with Gasteiger partial charge in [0, 0.05) is 5.75 Å². The van der Waals surface area contributed by atoms with Gasteiger partial charge in [-0.2, -0.15) is 0 Å². The molecule has 0 aliphatic heterocycles. The van der Waals surface area contributed by atoms with Crippen molar-refractivity contribution in [2.45, 2.75) is 6.92 Å². The van der Waals surface area contributed by atoms with E-state index in [0.29, 0.717) is 6.41 Å². The Morgan fingerprint density at radius 3 is 2.83 bits per heavy atom. The lowest BCUT2D eigenvalue weighted by atomic mass is 11.0. The van der Waals surface area contributed by atoms with Crippen LogP contribution < -0.4 is 4.72 Å². The van der Waals surface area contributed by atoms with E-state index in [0.717, 1.165) is 5.75 Å². The zero-order chi connectivity index (χ0) is 4.83. The van der Waals surface area contributed by atoms with E-state index in [2.05, 4.69) is 4.72 Å². The van der Waals surface area contributed by atoms with Crippen LogP contribution in [0.3, 0.4) is 0 Å². The first kappa shape index (κ1) is 5.82. The summed E-state index contributed by atoms with van der Waals surface area (Å²) in [5.74, 6) is 0.929. The highest BCUT2D eigenvalue weighted by Gasteiger charge is 1.70. The van der Waals surface area contributed by atoms with Gasteiger partial charge < -0.3 is 4.72 Å². The van der Waals surface area contributed by atoms with E-state index in [1.165, 1.54) is 11.9 Å². The fourth-order valence-corrected chi connectivity index (χ4v) is 0.352. The van der Waals surface area contributed by atoms with Crippen molar-refractivity contribution >= 4 is 18.4 Å². The summed E-state index contributed by atoms with van der Waals surface area (Å²) in [5, 5.41) is 0. The number of carbonyl (C=O) groups is 1. The summed E-state index contributed by atoms with van der Waals surface area (Å²) in [6, 6.07) is 0. The van der Waals surface area contributed by atoms with Crippen LogP contribution in [0.15, 0.2) is 0 Å². The molecule has 0 aromatic heterocycles. The van der Waals surface area contributed by atoms with Crippen LogP contribution in [0.2, 0.25) is 0 Å². The summed E-state index contributed by atoms with van der Waals surface area (Å²) >= 11 is 1.39. The van der Waals surface area contributed by atoms with Crippen molar-refractivity contribution in [2.24, 2.45) is 0 Å². The number of amides is 1. The fourth-order valence-electron chi connectivity index (χ4n) is 0.117. The van der Waals surface area contributed by atoms with Crippen molar-refractivity contribution in [3.05, 3.63) is 0 Å². The van der Waals surface area contributed by atoms with Gasteiger partial charge in [0.2, 0.25) is 6.41 Å². The molecule has 0 saturated carbocycles. The van der Waals surface area contributed by atoms with E-state index in [1.807, 2.05) is 6.92 Å². The van der Waals surface area contributed by atoms with Gasteiger partial charge in [-0.1, -0.05) is 18.9 Å². The first-order chi connectivity index (χ1) is 2.91. The summed E-state index contributed by atoms with van der Waals surface area (Å²) in [5.41, 5.74) is 0. The highest BCUT2D eigenvalue weighted by Crippen LogP contribution is 1.84. The molecule has 0 bridgehead atoms. The van der Waals surface area contributed by atoms with E-state index in [1.54, 1.807) is 0 Å². The van der Waals surface area contributed by atoms with E-state index in [9.17, 15) is 4.79 Å². The summed E-state index contributed by atoms with van der Waals surface area (Å²) in [6.07, 6.45) is 0.675. The van der Waals surface area contributed by atoms with Gasteiger partial charge in [-0.15, -0.1) is 0 Å². The monoisotopic (exact) mass is 105 g/mol. The van der Waals surface area contributed by atoms with E-state index in [4.69, 9.17) is 0 Å². The normalized spacial score (nSPS) is 7.50. The molecule has 0 spiro atoms. The number of carbonyl (C=O) groups excluding carboxylic acids is 1. The minimum atomic E-state index is 0.675. The maximum Gasteiger partial charge on any atom is 0.216 e.